The van der Waals surface area contributed by atoms with E-state index in [1.807, 2.05) is 24.4 Å². The van der Waals surface area contributed by atoms with Gasteiger partial charge in [0.1, 0.15) is 11.6 Å². The number of benzene rings is 1. The topological polar surface area (TPSA) is 55.8 Å². The number of nitrogens with zero attached hydrogens (tertiary/aromatic N) is 4. The van der Waals surface area contributed by atoms with Crippen LogP contribution in [0.3, 0.4) is 0 Å². The van der Waals surface area contributed by atoms with Crippen LogP contribution in [0.2, 0.25) is 0 Å². The van der Waals surface area contributed by atoms with Crippen LogP contribution in [-0.2, 0) is 6.54 Å². The third kappa shape index (κ3) is 4.48. The molecule has 0 unspecified atom stereocenters. The number of aromatic nitrogens is 1. The molecule has 6 nitrogen and oxygen atoms in total. The fraction of sp³-hybridized carbons (Fsp3) is 0.400. The predicted octanol–water partition coefficient (Wildman–Crippen LogP) is 1.99. The Morgan fingerprint density at radius 2 is 1.81 bits per heavy atom. The highest BCUT2D eigenvalue weighted by atomic mass is 19.1. The maximum Gasteiger partial charge on any atom is 0.191 e. The number of halogens is 1. The zero-order valence-corrected chi connectivity index (χ0v) is 15.4. The van der Waals surface area contributed by atoms with Crippen molar-refractivity contribution in [3.63, 3.8) is 0 Å². The Morgan fingerprint density at radius 3 is 2.56 bits per heavy atom. The first-order valence-electron chi connectivity index (χ1n) is 9.50. The minimum absolute atomic E-state index is 0.193. The van der Waals surface area contributed by atoms with Crippen LogP contribution in [0.5, 0.6) is 0 Å². The Hall–Kier alpha value is -2.83. The molecule has 0 aliphatic carbocycles. The highest BCUT2D eigenvalue weighted by Gasteiger charge is 2.18. The number of pyridine rings is 1. The van der Waals surface area contributed by atoms with Gasteiger partial charge >= 0.3 is 0 Å². The normalized spacial score (nSPS) is 17.3. The summed E-state index contributed by atoms with van der Waals surface area (Å²) in [6.45, 7) is 6.19. The summed E-state index contributed by atoms with van der Waals surface area (Å²) in [4.78, 5) is 13.6. The molecule has 0 bridgehead atoms. The molecule has 1 aromatic heterocycles. The Kier molecular flexibility index (Phi) is 5.37. The van der Waals surface area contributed by atoms with Crippen molar-refractivity contribution in [2.24, 2.45) is 4.99 Å². The van der Waals surface area contributed by atoms with Gasteiger partial charge in [-0.25, -0.2) is 9.37 Å². The Bertz CT molecular complexity index is 783. The molecule has 7 heteroatoms. The first-order valence-corrected chi connectivity index (χ1v) is 9.50. The van der Waals surface area contributed by atoms with Crippen molar-refractivity contribution in [1.82, 2.24) is 15.6 Å². The molecule has 0 saturated carbocycles. The number of piperazine rings is 1. The quantitative estimate of drug-likeness (QED) is 0.864. The summed E-state index contributed by atoms with van der Waals surface area (Å²) in [6, 6.07) is 10.9. The summed E-state index contributed by atoms with van der Waals surface area (Å²) in [6.07, 6.45) is 2.96. The van der Waals surface area contributed by atoms with Gasteiger partial charge in [-0.1, -0.05) is 0 Å². The molecule has 3 heterocycles. The lowest BCUT2D eigenvalue weighted by Crippen LogP contribution is -2.46. The van der Waals surface area contributed by atoms with Gasteiger partial charge in [0.15, 0.2) is 5.96 Å². The van der Waals surface area contributed by atoms with Crippen molar-refractivity contribution >= 4 is 17.5 Å². The zero-order valence-electron chi connectivity index (χ0n) is 15.4. The number of aliphatic imine (C=N–C) groups is 1. The molecule has 27 heavy (non-hydrogen) atoms. The third-order valence-electron chi connectivity index (χ3n) is 4.96. The van der Waals surface area contributed by atoms with Gasteiger partial charge in [0.25, 0.3) is 0 Å². The number of hydrogen-bond donors (Lipinski definition) is 2. The number of nitrogens with one attached hydrogen (secondary N) is 2. The van der Waals surface area contributed by atoms with Gasteiger partial charge in [0.05, 0.1) is 0 Å². The molecule has 2 aliphatic rings. The lowest BCUT2D eigenvalue weighted by atomic mass is 10.2. The van der Waals surface area contributed by atoms with E-state index >= 15 is 0 Å². The zero-order chi connectivity index (χ0) is 18.5. The van der Waals surface area contributed by atoms with Crippen LogP contribution in [0, 0.1) is 5.82 Å². The van der Waals surface area contributed by atoms with Crippen molar-refractivity contribution in [1.29, 1.82) is 0 Å². The second kappa shape index (κ2) is 8.24. The molecular formula is C20H25FN6. The van der Waals surface area contributed by atoms with E-state index in [-0.39, 0.29) is 5.82 Å². The average molecular weight is 368 g/mol. The first-order chi connectivity index (χ1) is 13.3. The summed E-state index contributed by atoms with van der Waals surface area (Å²) in [5.74, 6) is 1.69. The second-order valence-electron chi connectivity index (χ2n) is 6.84. The molecule has 2 aliphatic heterocycles. The molecule has 0 radical (unpaired) electrons. The fourth-order valence-corrected chi connectivity index (χ4v) is 3.43. The van der Waals surface area contributed by atoms with Crippen LogP contribution in [-0.4, -0.2) is 50.2 Å². The number of rotatable bonds is 4. The molecule has 0 amide bonds. The van der Waals surface area contributed by atoms with Gasteiger partial charge < -0.3 is 20.4 Å². The van der Waals surface area contributed by atoms with Gasteiger partial charge in [-0.15, -0.1) is 0 Å². The minimum atomic E-state index is -0.193. The Morgan fingerprint density at radius 1 is 1.04 bits per heavy atom. The minimum Gasteiger partial charge on any atom is -0.368 e. The summed E-state index contributed by atoms with van der Waals surface area (Å²) < 4.78 is 13.1. The van der Waals surface area contributed by atoms with Gasteiger partial charge in [0, 0.05) is 57.7 Å². The Balaban J connectivity index is 1.34. The molecule has 2 N–H and O–H groups in total. The van der Waals surface area contributed by atoms with Crippen LogP contribution >= 0.6 is 0 Å². The van der Waals surface area contributed by atoms with Crippen LogP contribution in [0.4, 0.5) is 15.9 Å². The number of guanidine groups is 1. The second-order valence-corrected chi connectivity index (χ2v) is 6.84. The van der Waals surface area contributed by atoms with E-state index < -0.39 is 0 Å². The first kappa shape index (κ1) is 17.6. The summed E-state index contributed by atoms with van der Waals surface area (Å²) in [7, 11) is 0. The van der Waals surface area contributed by atoms with E-state index in [1.165, 1.54) is 17.7 Å². The Labute approximate surface area is 159 Å². The standard InChI is InChI=1S/C20H25FN6/c21-17-2-4-18(5-3-17)26-10-12-27(13-11-26)19-14-16(6-9-22-19)15-25-20-23-7-1-8-24-20/h2-6,9,14H,1,7-8,10-13,15H2,(H2,23,24,25). The van der Waals surface area contributed by atoms with Crippen LogP contribution in [0.25, 0.3) is 0 Å². The van der Waals surface area contributed by atoms with E-state index in [9.17, 15) is 4.39 Å². The highest BCUT2D eigenvalue weighted by Crippen LogP contribution is 2.20. The largest absolute Gasteiger partial charge is 0.368 e. The van der Waals surface area contributed by atoms with E-state index in [0.717, 1.165) is 69.7 Å². The van der Waals surface area contributed by atoms with Gasteiger partial charge in [0.2, 0.25) is 0 Å². The van der Waals surface area contributed by atoms with E-state index in [2.05, 4.69) is 36.5 Å². The van der Waals surface area contributed by atoms with Gasteiger partial charge in [-0.2, -0.15) is 0 Å². The molecule has 1 aromatic carbocycles. The predicted molar refractivity (Wildman–Crippen MR) is 107 cm³/mol. The molecule has 1 fully saturated rings. The van der Waals surface area contributed by atoms with E-state index in [0.29, 0.717) is 0 Å². The maximum atomic E-state index is 13.1. The highest BCUT2D eigenvalue weighted by molar-refractivity contribution is 5.80. The van der Waals surface area contributed by atoms with Crippen molar-refractivity contribution < 1.29 is 4.39 Å². The summed E-state index contributed by atoms with van der Waals surface area (Å²) >= 11 is 0. The van der Waals surface area contributed by atoms with Gasteiger partial charge in [-0.3, -0.25) is 4.99 Å². The number of hydrogen-bond acceptors (Lipinski definition) is 6. The van der Waals surface area contributed by atoms with Gasteiger partial charge in [-0.05, 0) is 48.4 Å². The van der Waals surface area contributed by atoms with Crippen molar-refractivity contribution in [3.8, 4) is 0 Å². The smallest absolute Gasteiger partial charge is 0.191 e. The maximum absolute atomic E-state index is 13.1. The third-order valence-corrected chi connectivity index (χ3v) is 4.96. The molecule has 4 rings (SSSR count). The molecular weight excluding hydrogens is 343 g/mol. The van der Waals surface area contributed by atoms with Crippen LogP contribution in [0.15, 0.2) is 47.6 Å². The molecule has 142 valence electrons. The van der Waals surface area contributed by atoms with Crippen molar-refractivity contribution in [2.75, 3.05) is 49.1 Å². The molecule has 2 aromatic rings. The lowest BCUT2D eigenvalue weighted by molar-refractivity contribution is 0.624. The lowest BCUT2D eigenvalue weighted by Gasteiger charge is -2.36. The molecule has 1 saturated heterocycles. The number of anilines is 2. The molecule has 0 atom stereocenters. The fourth-order valence-electron chi connectivity index (χ4n) is 3.43. The van der Waals surface area contributed by atoms with E-state index in [1.54, 1.807) is 0 Å². The van der Waals surface area contributed by atoms with Crippen molar-refractivity contribution in [2.45, 2.75) is 13.0 Å². The van der Waals surface area contributed by atoms with E-state index in [4.69, 9.17) is 0 Å². The van der Waals surface area contributed by atoms with Crippen LogP contribution in [0.1, 0.15) is 12.0 Å². The monoisotopic (exact) mass is 368 g/mol. The average Bonchev–Trinajstić information content (AvgIpc) is 2.74. The summed E-state index contributed by atoms with van der Waals surface area (Å²) in [5.41, 5.74) is 2.26. The van der Waals surface area contributed by atoms with Crippen molar-refractivity contribution in [3.05, 3.63) is 54.0 Å². The molecule has 0 spiro atoms. The SMILES string of the molecule is Fc1ccc(N2CCN(c3cc(CNC4=NCCCN4)ccn3)CC2)cc1. The van der Waals surface area contributed by atoms with Crippen LogP contribution < -0.4 is 20.4 Å². The summed E-state index contributed by atoms with van der Waals surface area (Å²) in [5, 5.41) is 6.63.